The van der Waals surface area contributed by atoms with Gasteiger partial charge in [-0.2, -0.15) is 0 Å². The van der Waals surface area contributed by atoms with Crippen LogP contribution in [0.15, 0.2) is 40.9 Å². The first kappa shape index (κ1) is 18.4. The van der Waals surface area contributed by atoms with Gasteiger partial charge in [0.25, 0.3) is 0 Å². The Hall–Kier alpha value is -2.94. The molecule has 0 saturated heterocycles. The van der Waals surface area contributed by atoms with Crippen molar-refractivity contribution < 1.29 is 24.3 Å². The van der Waals surface area contributed by atoms with E-state index in [-0.39, 0.29) is 17.4 Å². The van der Waals surface area contributed by atoms with Crippen LogP contribution in [0.3, 0.4) is 0 Å². The fourth-order valence-corrected chi connectivity index (χ4v) is 2.23. The molecule has 1 aromatic carbocycles. The number of aromatic nitrogens is 1. The standard InChI is InChI=1S/C16H17N3O5S/c1-16(2,14(22)23-8-10-6-4-3-5-7-10)24-19-12(13(20)21)11-9-25-15(17)18-11/h3-7,9H,8H2,1-2H3,(H2,17,18)(H,20,21)/b19-12-. The molecule has 1 aromatic heterocycles. The van der Waals surface area contributed by atoms with Gasteiger partial charge in [0, 0.05) is 5.38 Å². The highest BCUT2D eigenvalue weighted by Crippen LogP contribution is 2.17. The summed E-state index contributed by atoms with van der Waals surface area (Å²) in [6.07, 6.45) is 0. The van der Waals surface area contributed by atoms with Gasteiger partial charge in [-0.25, -0.2) is 14.6 Å². The number of aliphatic carboxylic acids is 1. The molecule has 25 heavy (non-hydrogen) atoms. The van der Waals surface area contributed by atoms with Crippen LogP contribution in [-0.4, -0.2) is 33.3 Å². The number of hydrogen-bond acceptors (Lipinski definition) is 8. The Morgan fingerprint density at radius 3 is 2.56 bits per heavy atom. The van der Waals surface area contributed by atoms with Gasteiger partial charge in [-0.1, -0.05) is 35.5 Å². The smallest absolute Gasteiger partial charge is 0.360 e. The number of nitrogen functional groups attached to an aromatic ring is 1. The largest absolute Gasteiger partial charge is 0.476 e. The molecule has 2 aromatic rings. The van der Waals surface area contributed by atoms with Crippen molar-refractivity contribution in [2.75, 3.05) is 5.73 Å². The molecular formula is C16H17N3O5S. The summed E-state index contributed by atoms with van der Waals surface area (Å²) in [5.74, 6) is -2.03. The van der Waals surface area contributed by atoms with Crippen LogP contribution >= 0.6 is 11.3 Å². The molecule has 0 saturated carbocycles. The van der Waals surface area contributed by atoms with E-state index < -0.39 is 23.3 Å². The highest BCUT2D eigenvalue weighted by atomic mass is 32.1. The van der Waals surface area contributed by atoms with Crippen molar-refractivity contribution in [1.29, 1.82) is 0 Å². The van der Waals surface area contributed by atoms with E-state index in [9.17, 15) is 14.7 Å². The van der Waals surface area contributed by atoms with Crippen LogP contribution in [0, 0.1) is 0 Å². The zero-order valence-electron chi connectivity index (χ0n) is 13.6. The molecule has 9 heteroatoms. The summed E-state index contributed by atoms with van der Waals surface area (Å²) in [6.45, 7) is 2.93. The van der Waals surface area contributed by atoms with E-state index in [2.05, 4.69) is 10.1 Å². The van der Waals surface area contributed by atoms with Crippen molar-refractivity contribution in [3.63, 3.8) is 0 Å². The average molecular weight is 363 g/mol. The van der Waals surface area contributed by atoms with Crippen LogP contribution in [0.25, 0.3) is 0 Å². The minimum absolute atomic E-state index is 0.0588. The second-order valence-corrected chi connectivity index (χ2v) is 6.37. The highest BCUT2D eigenvalue weighted by molar-refractivity contribution is 7.13. The number of esters is 1. The molecule has 0 aliphatic heterocycles. The number of rotatable bonds is 7. The summed E-state index contributed by atoms with van der Waals surface area (Å²) in [7, 11) is 0. The average Bonchev–Trinajstić information content (AvgIpc) is 2.99. The molecular weight excluding hydrogens is 346 g/mol. The molecule has 0 bridgehead atoms. The Morgan fingerprint density at radius 1 is 1.32 bits per heavy atom. The lowest BCUT2D eigenvalue weighted by atomic mass is 10.1. The minimum atomic E-state index is -1.48. The van der Waals surface area contributed by atoms with Crippen molar-refractivity contribution >= 4 is 34.1 Å². The Balaban J connectivity index is 2.05. The molecule has 0 aliphatic carbocycles. The van der Waals surface area contributed by atoms with Crippen molar-refractivity contribution in [3.05, 3.63) is 47.0 Å². The number of anilines is 1. The third kappa shape index (κ3) is 5.01. The van der Waals surface area contributed by atoms with Crippen molar-refractivity contribution in [3.8, 4) is 0 Å². The Kier molecular flexibility index (Phi) is 5.71. The number of carbonyl (C=O) groups is 2. The summed E-state index contributed by atoms with van der Waals surface area (Å²) >= 11 is 1.07. The summed E-state index contributed by atoms with van der Waals surface area (Å²) in [5, 5.41) is 14.4. The molecule has 1 heterocycles. The number of oxime groups is 1. The van der Waals surface area contributed by atoms with Gasteiger partial charge < -0.3 is 20.4 Å². The molecule has 8 nitrogen and oxygen atoms in total. The van der Waals surface area contributed by atoms with E-state index in [0.29, 0.717) is 0 Å². The Bertz CT molecular complexity index is 786. The van der Waals surface area contributed by atoms with Crippen molar-refractivity contribution in [2.24, 2.45) is 5.16 Å². The molecule has 132 valence electrons. The Morgan fingerprint density at radius 2 is 2.00 bits per heavy atom. The first-order chi connectivity index (χ1) is 11.8. The second kappa shape index (κ2) is 7.75. The van der Waals surface area contributed by atoms with Crippen LogP contribution in [0.5, 0.6) is 0 Å². The van der Waals surface area contributed by atoms with Gasteiger partial charge >= 0.3 is 11.9 Å². The predicted octanol–water partition coefficient (Wildman–Crippen LogP) is 2.05. The van der Waals surface area contributed by atoms with Gasteiger partial charge in [0.15, 0.2) is 5.13 Å². The molecule has 0 amide bonds. The Labute approximate surface area is 147 Å². The van der Waals surface area contributed by atoms with E-state index in [4.69, 9.17) is 15.3 Å². The molecule has 0 unspecified atom stereocenters. The van der Waals surface area contributed by atoms with Gasteiger partial charge in [0.1, 0.15) is 12.3 Å². The fraction of sp³-hybridized carbons (Fsp3) is 0.250. The molecule has 0 spiro atoms. The number of benzene rings is 1. The van der Waals surface area contributed by atoms with Crippen LogP contribution < -0.4 is 5.73 Å². The molecule has 0 radical (unpaired) electrons. The van der Waals surface area contributed by atoms with Gasteiger partial charge in [-0.15, -0.1) is 11.3 Å². The normalized spacial score (nSPS) is 11.8. The van der Waals surface area contributed by atoms with Gasteiger partial charge in [-0.3, -0.25) is 0 Å². The second-order valence-electron chi connectivity index (χ2n) is 5.48. The quantitative estimate of drug-likeness (QED) is 0.438. The molecule has 0 aliphatic rings. The van der Waals surface area contributed by atoms with Crippen LogP contribution in [0.2, 0.25) is 0 Å². The van der Waals surface area contributed by atoms with Crippen LogP contribution in [0.1, 0.15) is 25.1 Å². The third-order valence-electron chi connectivity index (χ3n) is 3.04. The SMILES string of the molecule is CC(C)(O/N=C(\C(=O)O)c1csc(N)n1)C(=O)OCc1ccccc1. The minimum Gasteiger partial charge on any atom is -0.476 e. The van der Waals surface area contributed by atoms with E-state index in [0.717, 1.165) is 16.9 Å². The number of nitrogens with two attached hydrogens (primary N) is 1. The van der Waals surface area contributed by atoms with Crippen molar-refractivity contribution in [2.45, 2.75) is 26.1 Å². The fourth-order valence-electron chi connectivity index (χ4n) is 1.69. The maximum Gasteiger partial charge on any atom is 0.360 e. The first-order valence-electron chi connectivity index (χ1n) is 7.21. The predicted molar refractivity (Wildman–Crippen MR) is 92.1 cm³/mol. The maximum absolute atomic E-state index is 12.2. The molecule has 0 fully saturated rings. The zero-order valence-corrected chi connectivity index (χ0v) is 14.4. The lowest BCUT2D eigenvalue weighted by Gasteiger charge is -2.20. The zero-order chi connectivity index (χ0) is 18.4. The van der Waals surface area contributed by atoms with Gasteiger partial charge in [0.2, 0.25) is 11.3 Å². The topological polar surface area (TPSA) is 124 Å². The number of hydrogen-bond donors (Lipinski definition) is 2. The number of nitrogens with zero attached hydrogens (tertiary/aromatic N) is 2. The summed E-state index contributed by atoms with van der Waals surface area (Å²) in [5.41, 5.74) is 4.44. The summed E-state index contributed by atoms with van der Waals surface area (Å²) in [4.78, 5) is 32.4. The van der Waals surface area contributed by atoms with Crippen LogP contribution in [0.4, 0.5) is 5.13 Å². The van der Waals surface area contributed by atoms with Gasteiger partial charge in [0.05, 0.1) is 0 Å². The number of carboxylic acids is 1. The maximum atomic E-state index is 12.2. The van der Waals surface area contributed by atoms with E-state index in [1.807, 2.05) is 30.3 Å². The monoisotopic (exact) mass is 363 g/mol. The van der Waals surface area contributed by atoms with E-state index in [1.54, 1.807) is 0 Å². The third-order valence-corrected chi connectivity index (χ3v) is 3.71. The number of thiazole rings is 1. The number of ether oxygens (including phenoxy) is 1. The molecule has 2 rings (SSSR count). The lowest BCUT2D eigenvalue weighted by molar-refractivity contribution is -0.169. The van der Waals surface area contributed by atoms with Crippen molar-refractivity contribution in [1.82, 2.24) is 4.98 Å². The molecule has 0 atom stereocenters. The summed E-state index contributed by atoms with van der Waals surface area (Å²) < 4.78 is 5.18. The van der Waals surface area contributed by atoms with E-state index in [1.165, 1.54) is 19.2 Å². The number of carboxylic acid groups (broad SMARTS) is 1. The highest BCUT2D eigenvalue weighted by Gasteiger charge is 2.33. The summed E-state index contributed by atoms with van der Waals surface area (Å²) in [6, 6.07) is 9.14. The van der Waals surface area contributed by atoms with Gasteiger partial charge in [-0.05, 0) is 19.4 Å². The lowest BCUT2D eigenvalue weighted by Crippen LogP contribution is -2.36. The number of carbonyl (C=O) groups excluding carboxylic acids is 1. The first-order valence-corrected chi connectivity index (χ1v) is 8.09. The molecule has 3 N–H and O–H groups in total. The van der Waals surface area contributed by atoms with E-state index >= 15 is 0 Å². The van der Waals surface area contributed by atoms with Crippen LogP contribution in [-0.2, 0) is 25.8 Å².